The average molecular weight is 464 g/mol. The van der Waals surface area contributed by atoms with Crippen LogP contribution in [0.3, 0.4) is 0 Å². The highest BCUT2D eigenvalue weighted by atomic mass is 16.2. The molecule has 0 aromatic heterocycles. The number of nitrogens with one attached hydrogen (secondary N) is 2. The maximum absolute atomic E-state index is 13.0. The van der Waals surface area contributed by atoms with E-state index in [1.54, 1.807) is 18.2 Å². The smallest absolute Gasteiger partial charge is 0.258 e. The number of nitrogens with zero attached hydrogens (tertiary/aromatic N) is 3. The highest BCUT2D eigenvalue weighted by Gasteiger charge is 2.29. The second-order valence-corrected chi connectivity index (χ2v) is 8.74. The minimum absolute atomic E-state index is 0.0312. The quantitative estimate of drug-likeness (QED) is 0.574. The monoisotopic (exact) mass is 463 g/mol. The third-order valence-electron chi connectivity index (χ3n) is 6.40. The summed E-state index contributed by atoms with van der Waals surface area (Å²) < 4.78 is 0. The van der Waals surface area contributed by atoms with Gasteiger partial charge in [0.25, 0.3) is 11.8 Å². The molecule has 3 aromatic rings. The Bertz CT molecular complexity index is 1350. The fourth-order valence-corrected chi connectivity index (χ4v) is 4.41. The number of piperazine rings is 1. The predicted octanol–water partition coefficient (Wildman–Crippen LogP) is 3.88. The Kier molecular flexibility index (Phi) is 6.04. The lowest BCUT2D eigenvalue weighted by atomic mass is 9.99. The minimum atomic E-state index is -0.233. The molecule has 3 aromatic carbocycles. The molecule has 2 aliphatic rings. The first kappa shape index (κ1) is 22.4. The summed E-state index contributed by atoms with van der Waals surface area (Å²) in [5, 5.41) is 15.5. The van der Waals surface area contributed by atoms with Crippen molar-refractivity contribution in [3.63, 3.8) is 0 Å². The van der Waals surface area contributed by atoms with Crippen molar-refractivity contribution in [1.29, 1.82) is 5.26 Å². The van der Waals surface area contributed by atoms with Crippen molar-refractivity contribution in [2.45, 2.75) is 0 Å². The zero-order valence-electron chi connectivity index (χ0n) is 19.4. The molecule has 7 nitrogen and oxygen atoms in total. The van der Waals surface area contributed by atoms with E-state index < -0.39 is 0 Å². The fraction of sp³-hybridized carbons (Fsp3) is 0.179. The van der Waals surface area contributed by atoms with Crippen molar-refractivity contribution < 1.29 is 9.59 Å². The van der Waals surface area contributed by atoms with Crippen LogP contribution in [0.1, 0.15) is 27.0 Å². The summed E-state index contributed by atoms with van der Waals surface area (Å²) in [6.45, 7) is 3.20. The molecule has 0 spiro atoms. The lowest BCUT2D eigenvalue weighted by Crippen LogP contribution is -2.47. The number of nitriles is 1. The number of carbonyl (C=O) groups excluding carboxylic acids is 2. The molecule has 2 heterocycles. The van der Waals surface area contributed by atoms with Crippen LogP contribution in [0.2, 0.25) is 0 Å². The molecule has 2 N–H and O–H groups in total. The van der Waals surface area contributed by atoms with Crippen LogP contribution in [0, 0.1) is 11.3 Å². The summed E-state index contributed by atoms with van der Waals surface area (Å²) >= 11 is 0. The highest BCUT2D eigenvalue weighted by Crippen LogP contribution is 2.38. The van der Waals surface area contributed by atoms with Gasteiger partial charge in [-0.2, -0.15) is 5.26 Å². The number of benzene rings is 3. The summed E-state index contributed by atoms with van der Waals surface area (Å²) in [4.78, 5) is 30.0. The van der Waals surface area contributed by atoms with Crippen LogP contribution >= 0.6 is 0 Å². The van der Waals surface area contributed by atoms with Gasteiger partial charge in [-0.3, -0.25) is 9.59 Å². The van der Waals surface area contributed by atoms with Gasteiger partial charge in [-0.15, -0.1) is 0 Å². The lowest BCUT2D eigenvalue weighted by molar-refractivity contribution is -0.110. The molecule has 35 heavy (non-hydrogen) atoms. The molecule has 7 heteroatoms. The molecule has 0 bridgehead atoms. The van der Waals surface area contributed by atoms with Gasteiger partial charge < -0.3 is 20.4 Å². The fourth-order valence-electron chi connectivity index (χ4n) is 4.41. The Morgan fingerprint density at radius 3 is 2.34 bits per heavy atom. The highest BCUT2D eigenvalue weighted by molar-refractivity contribution is 6.37. The number of fused-ring (bicyclic) bond motifs is 1. The van der Waals surface area contributed by atoms with Crippen molar-refractivity contribution in [1.82, 2.24) is 9.80 Å². The molecule has 0 atom stereocenters. The summed E-state index contributed by atoms with van der Waals surface area (Å²) in [6, 6.07) is 24.3. The van der Waals surface area contributed by atoms with Gasteiger partial charge in [-0.05, 0) is 49.0 Å². The van der Waals surface area contributed by atoms with Gasteiger partial charge >= 0.3 is 0 Å². The number of carbonyl (C=O) groups is 2. The van der Waals surface area contributed by atoms with Crippen LogP contribution < -0.4 is 10.6 Å². The van der Waals surface area contributed by atoms with Gasteiger partial charge in [0.1, 0.15) is 0 Å². The van der Waals surface area contributed by atoms with Gasteiger partial charge in [0.05, 0.1) is 28.6 Å². The summed E-state index contributed by atoms with van der Waals surface area (Å²) in [5.74, 6) is -0.202. The van der Waals surface area contributed by atoms with Crippen LogP contribution in [-0.2, 0) is 4.79 Å². The van der Waals surface area contributed by atoms with E-state index in [4.69, 9.17) is 0 Å². The molecular formula is C28H25N5O2. The molecule has 5 rings (SSSR count). The summed E-state index contributed by atoms with van der Waals surface area (Å²) in [5.41, 5.74) is 5.27. The Labute approximate surface area is 204 Å². The third-order valence-corrected chi connectivity index (χ3v) is 6.40. The van der Waals surface area contributed by atoms with Gasteiger partial charge in [0, 0.05) is 43.0 Å². The van der Waals surface area contributed by atoms with Crippen LogP contribution in [0.4, 0.5) is 11.4 Å². The summed E-state index contributed by atoms with van der Waals surface area (Å²) in [6.07, 6.45) is 0. The van der Waals surface area contributed by atoms with Crippen molar-refractivity contribution >= 4 is 34.5 Å². The third kappa shape index (κ3) is 4.52. The molecule has 0 unspecified atom stereocenters. The molecule has 174 valence electrons. The Morgan fingerprint density at radius 2 is 1.66 bits per heavy atom. The maximum atomic E-state index is 13.0. The van der Waals surface area contributed by atoms with E-state index in [0.29, 0.717) is 28.1 Å². The molecule has 1 fully saturated rings. The second kappa shape index (κ2) is 9.45. The van der Waals surface area contributed by atoms with Crippen molar-refractivity contribution in [2.24, 2.45) is 0 Å². The Balaban J connectivity index is 1.47. The number of amides is 2. The Hall–Kier alpha value is -4.41. The lowest BCUT2D eigenvalue weighted by Gasteiger charge is -2.32. The molecule has 1 saturated heterocycles. The molecule has 2 amide bonds. The number of rotatable bonds is 4. The number of anilines is 2. The number of hydrogen-bond acceptors (Lipinski definition) is 5. The van der Waals surface area contributed by atoms with Gasteiger partial charge in [-0.1, -0.05) is 36.4 Å². The summed E-state index contributed by atoms with van der Waals surface area (Å²) in [7, 11) is 2.06. The standard InChI is InChI=1S/C28H25N5O2/c1-32-13-15-33(16-14-32)28(35)21-8-10-22(11-9-21)30-26(20-5-3-2-4-6-20)25-23-12-7-19(18-29)17-24(23)31-27(25)34/h2-12,17,30H,13-16H2,1H3,(H,31,34)/b26-25-. The van der Waals surface area contributed by atoms with Crippen molar-refractivity contribution in [3.8, 4) is 6.07 Å². The van der Waals surface area contributed by atoms with E-state index in [0.717, 1.165) is 43.0 Å². The van der Waals surface area contributed by atoms with E-state index in [1.807, 2.05) is 59.5 Å². The molecule has 0 radical (unpaired) electrons. The van der Waals surface area contributed by atoms with Crippen LogP contribution in [0.15, 0.2) is 72.8 Å². The van der Waals surface area contributed by atoms with Crippen molar-refractivity contribution in [3.05, 3.63) is 95.1 Å². The first-order valence-electron chi connectivity index (χ1n) is 11.5. The zero-order valence-corrected chi connectivity index (χ0v) is 19.4. The first-order valence-corrected chi connectivity index (χ1v) is 11.5. The Morgan fingerprint density at radius 1 is 0.943 bits per heavy atom. The van der Waals surface area contributed by atoms with Crippen LogP contribution in [0.25, 0.3) is 11.3 Å². The topological polar surface area (TPSA) is 88.5 Å². The normalized spacial score (nSPS) is 16.8. The van der Waals surface area contributed by atoms with Gasteiger partial charge in [0.15, 0.2) is 0 Å². The van der Waals surface area contributed by atoms with Crippen LogP contribution in [-0.4, -0.2) is 54.8 Å². The maximum Gasteiger partial charge on any atom is 0.258 e. The molecule has 0 aliphatic carbocycles. The van der Waals surface area contributed by atoms with Gasteiger partial charge in [0.2, 0.25) is 0 Å². The SMILES string of the molecule is CN1CCN(C(=O)c2ccc(N/C(=C3\C(=O)Nc4cc(C#N)ccc43)c3ccccc3)cc2)CC1. The predicted molar refractivity (Wildman–Crippen MR) is 137 cm³/mol. The number of hydrogen-bond donors (Lipinski definition) is 2. The molecular weight excluding hydrogens is 438 g/mol. The average Bonchev–Trinajstić information content (AvgIpc) is 3.22. The number of likely N-dealkylation sites (N-methyl/N-ethyl adjacent to an activating group) is 1. The van der Waals surface area contributed by atoms with E-state index in [-0.39, 0.29) is 11.8 Å². The largest absolute Gasteiger partial charge is 0.354 e. The zero-order chi connectivity index (χ0) is 24.4. The van der Waals surface area contributed by atoms with E-state index >= 15 is 0 Å². The van der Waals surface area contributed by atoms with E-state index in [2.05, 4.69) is 28.7 Å². The van der Waals surface area contributed by atoms with Gasteiger partial charge in [-0.25, -0.2) is 0 Å². The molecule has 0 saturated carbocycles. The second-order valence-electron chi connectivity index (χ2n) is 8.74. The van der Waals surface area contributed by atoms with E-state index in [1.165, 1.54) is 0 Å². The minimum Gasteiger partial charge on any atom is -0.354 e. The molecule has 2 aliphatic heterocycles. The van der Waals surface area contributed by atoms with Crippen LogP contribution in [0.5, 0.6) is 0 Å². The van der Waals surface area contributed by atoms with Crippen molar-refractivity contribution in [2.75, 3.05) is 43.9 Å². The first-order chi connectivity index (χ1) is 17.0. The van der Waals surface area contributed by atoms with E-state index in [9.17, 15) is 14.9 Å².